The molecule has 0 atom stereocenters. The molecule has 0 aromatic heterocycles. The summed E-state index contributed by atoms with van der Waals surface area (Å²) in [4.78, 5) is 11.6. The lowest BCUT2D eigenvalue weighted by Gasteiger charge is -2.09. The summed E-state index contributed by atoms with van der Waals surface area (Å²) in [6.07, 6.45) is 0. The Morgan fingerprint density at radius 1 is 1.30 bits per heavy atom. The van der Waals surface area contributed by atoms with Gasteiger partial charge >= 0.3 is 0 Å². The van der Waals surface area contributed by atoms with Crippen molar-refractivity contribution in [3.05, 3.63) is 53.3 Å². The van der Waals surface area contributed by atoms with Crippen LogP contribution in [0.5, 0.6) is 11.5 Å². The first-order chi connectivity index (χ1) is 9.56. The number of nitrogens with one attached hydrogen (secondary N) is 1. The zero-order valence-electron chi connectivity index (χ0n) is 10.3. The van der Waals surface area contributed by atoms with Crippen molar-refractivity contribution in [3.8, 4) is 11.5 Å². The van der Waals surface area contributed by atoms with Crippen LogP contribution in [0.25, 0.3) is 0 Å². The van der Waals surface area contributed by atoms with E-state index in [0.717, 1.165) is 12.1 Å². The fraction of sp³-hybridized carbons (Fsp3) is 0.0714. The first-order valence-corrected chi connectivity index (χ1v) is 6.10. The van der Waals surface area contributed by atoms with Crippen molar-refractivity contribution in [3.63, 3.8) is 0 Å². The fourth-order valence-corrected chi connectivity index (χ4v) is 1.65. The molecule has 1 amide bonds. The number of para-hydroxylation sites is 1. The largest absolute Gasteiger partial charge is 0.506 e. The van der Waals surface area contributed by atoms with Crippen molar-refractivity contribution >= 4 is 23.2 Å². The number of phenols is 1. The molecule has 0 aliphatic heterocycles. The smallest absolute Gasteiger partial charge is 0.262 e. The minimum Gasteiger partial charge on any atom is -0.506 e. The third-order valence-electron chi connectivity index (χ3n) is 2.42. The highest BCUT2D eigenvalue weighted by Crippen LogP contribution is 2.29. The zero-order chi connectivity index (χ0) is 14.5. The van der Waals surface area contributed by atoms with Gasteiger partial charge in [0.25, 0.3) is 5.91 Å². The molecule has 0 aliphatic carbocycles. The fourth-order valence-electron chi connectivity index (χ4n) is 1.48. The van der Waals surface area contributed by atoms with Gasteiger partial charge in [0.2, 0.25) is 0 Å². The third-order valence-corrected chi connectivity index (χ3v) is 2.73. The summed E-state index contributed by atoms with van der Waals surface area (Å²) in [5, 5.41) is 11.5. The van der Waals surface area contributed by atoms with E-state index < -0.39 is 11.7 Å². The lowest BCUT2D eigenvalue weighted by Crippen LogP contribution is -2.20. The maximum absolute atomic E-state index is 13.5. The Morgan fingerprint density at radius 3 is 2.70 bits per heavy atom. The minimum absolute atomic E-state index is 0.0503. The Hall–Kier alpha value is -2.27. The summed E-state index contributed by atoms with van der Waals surface area (Å²) in [5.74, 6) is -1.16. The monoisotopic (exact) mass is 295 g/mol. The van der Waals surface area contributed by atoms with Gasteiger partial charge in [-0.3, -0.25) is 4.79 Å². The van der Waals surface area contributed by atoms with Crippen LogP contribution in [0.1, 0.15) is 0 Å². The van der Waals surface area contributed by atoms with Crippen LogP contribution in [-0.2, 0) is 4.79 Å². The van der Waals surface area contributed by atoms with E-state index in [1.807, 2.05) is 6.07 Å². The van der Waals surface area contributed by atoms with Crippen molar-refractivity contribution < 1.29 is 19.0 Å². The molecule has 20 heavy (non-hydrogen) atoms. The number of ether oxygens (including phenoxy) is 1. The van der Waals surface area contributed by atoms with E-state index in [2.05, 4.69) is 5.32 Å². The normalized spacial score (nSPS) is 10.1. The maximum Gasteiger partial charge on any atom is 0.262 e. The van der Waals surface area contributed by atoms with Crippen LogP contribution < -0.4 is 10.1 Å². The van der Waals surface area contributed by atoms with Crippen LogP contribution in [0, 0.1) is 5.82 Å². The van der Waals surface area contributed by atoms with E-state index in [0.29, 0.717) is 5.75 Å². The van der Waals surface area contributed by atoms with Gasteiger partial charge in [0, 0.05) is 6.07 Å². The van der Waals surface area contributed by atoms with Crippen LogP contribution in [0.2, 0.25) is 5.02 Å². The summed E-state index contributed by atoms with van der Waals surface area (Å²) < 4.78 is 18.7. The Bertz CT molecular complexity index is 619. The molecule has 0 unspecified atom stereocenters. The molecule has 4 nitrogen and oxygen atoms in total. The van der Waals surface area contributed by atoms with Gasteiger partial charge in [0.05, 0.1) is 10.7 Å². The molecule has 104 valence electrons. The Morgan fingerprint density at radius 2 is 2.00 bits per heavy atom. The second-order valence-corrected chi connectivity index (χ2v) is 4.34. The van der Waals surface area contributed by atoms with Gasteiger partial charge in [-0.25, -0.2) is 4.39 Å². The molecule has 2 N–H and O–H groups in total. The van der Waals surface area contributed by atoms with Crippen LogP contribution in [0.4, 0.5) is 10.1 Å². The van der Waals surface area contributed by atoms with Gasteiger partial charge in [-0.2, -0.15) is 0 Å². The topological polar surface area (TPSA) is 58.6 Å². The van der Waals surface area contributed by atoms with Crippen molar-refractivity contribution in [2.75, 3.05) is 11.9 Å². The van der Waals surface area contributed by atoms with Gasteiger partial charge in [0.15, 0.2) is 6.61 Å². The second-order valence-electron chi connectivity index (χ2n) is 3.93. The Balaban J connectivity index is 1.97. The SMILES string of the molecule is O=C(COc1ccccc1)Nc1cc(Cl)c(O)cc1F. The number of anilines is 1. The number of rotatable bonds is 4. The molecule has 0 fully saturated rings. The number of hydrogen-bond donors (Lipinski definition) is 2. The molecule has 2 aromatic rings. The average molecular weight is 296 g/mol. The summed E-state index contributed by atoms with van der Waals surface area (Å²) in [6.45, 7) is -0.262. The Labute approximate surface area is 119 Å². The predicted octanol–water partition coefficient (Wildman–Crippen LogP) is 3.20. The van der Waals surface area contributed by atoms with E-state index in [1.54, 1.807) is 24.3 Å². The summed E-state index contributed by atoms with van der Waals surface area (Å²) in [7, 11) is 0. The highest BCUT2D eigenvalue weighted by Gasteiger charge is 2.11. The van der Waals surface area contributed by atoms with Gasteiger partial charge < -0.3 is 15.2 Å². The van der Waals surface area contributed by atoms with Crippen molar-refractivity contribution in [2.45, 2.75) is 0 Å². The molecule has 2 rings (SSSR count). The number of hydrogen-bond acceptors (Lipinski definition) is 3. The van der Waals surface area contributed by atoms with Crippen molar-refractivity contribution in [2.24, 2.45) is 0 Å². The van der Waals surface area contributed by atoms with Crippen LogP contribution in [0.15, 0.2) is 42.5 Å². The van der Waals surface area contributed by atoms with Gasteiger partial charge in [-0.05, 0) is 18.2 Å². The average Bonchev–Trinajstić information content (AvgIpc) is 2.44. The van der Waals surface area contributed by atoms with Crippen LogP contribution >= 0.6 is 11.6 Å². The first-order valence-electron chi connectivity index (χ1n) is 5.72. The number of carbonyl (C=O) groups is 1. The molecule has 0 radical (unpaired) electrons. The summed E-state index contributed by atoms with van der Waals surface area (Å²) >= 11 is 5.64. The zero-order valence-corrected chi connectivity index (χ0v) is 11.0. The van der Waals surface area contributed by atoms with Gasteiger partial charge in [-0.1, -0.05) is 29.8 Å². The number of carbonyl (C=O) groups excluding carboxylic acids is 1. The minimum atomic E-state index is -0.778. The molecule has 2 aromatic carbocycles. The Kier molecular flexibility index (Phi) is 4.42. The number of benzene rings is 2. The number of amides is 1. The van der Waals surface area contributed by atoms with E-state index in [-0.39, 0.29) is 23.1 Å². The van der Waals surface area contributed by atoms with Crippen molar-refractivity contribution in [1.82, 2.24) is 0 Å². The molecule has 0 heterocycles. The molecule has 0 saturated heterocycles. The highest BCUT2D eigenvalue weighted by atomic mass is 35.5. The highest BCUT2D eigenvalue weighted by molar-refractivity contribution is 6.32. The number of phenolic OH excluding ortho intramolecular Hbond substituents is 1. The molecule has 0 bridgehead atoms. The van der Waals surface area contributed by atoms with Crippen LogP contribution in [-0.4, -0.2) is 17.6 Å². The van der Waals surface area contributed by atoms with E-state index in [1.165, 1.54) is 0 Å². The second kappa shape index (κ2) is 6.25. The molecule has 0 aliphatic rings. The predicted molar refractivity (Wildman–Crippen MR) is 73.6 cm³/mol. The molecular formula is C14H11ClFNO3. The van der Waals surface area contributed by atoms with E-state index in [4.69, 9.17) is 16.3 Å². The van der Waals surface area contributed by atoms with Crippen LogP contribution in [0.3, 0.4) is 0 Å². The lowest BCUT2D eigenvalue weighted by molar-refractivity contribution is -0.118. The van der Waals surface area contributed by atoms with Gasteiger partial charge in [0.1, 0.15) is 17.3 Å². The summed E-state index contributed by atoms with van der Waals surface area (Å²) in [6, 6.07) is 10.7. The van der Waals surface area contributed by atoms with E-state index in [9.17, 15) is 14.3 Å². The summed E-state index contributed by atoms with van der Waals surface area (Å²) in [5.41, 5.74) is -0.116. The third kappa shape index (κ3) is 3.61. The lowest BCUT2D eigenvalue weighted by atomic mass is 10.3. The number of halogens is 2. The molecule has 0 spiro atoms. The van der Waals surface area contributed by atoms with Gasteiger partial charge in [-0.15, -0.1) is 0 Å². The van der Waals surface area contributed by atoms with Crippen molar-refractivity contribution in [1.29, 1.82) is 0 Å². The quantitative estimate of drug-likeness (QED) is 0.852. The number of aromatic hydroxyl groups is 1. The molecule has 0 saturated carbocycles. The maximum atomic E-state index is 13.5. The first kappa shape index (κ1) is 14.1. The molecule has 6 heteroatoms. The molecular weight excluding hydrogens is 285 g/mol. The standard InChI is InChI=1S/C14H11ClFNO3/c15-10-6-12(11(16)7-13(10)18)17-14(19)8-20-9-4-2-1-3-5-9/h1-7,18H,8H2,(H,17,19). The van der Waals surface area contributed by atoms with E-state index >= 15 is 0 Å².